The quantitative estimate of drug-likeness (QED) is 0.638. The van der Waals surface area contributed by atoms with E-state index in [0.717, 1.165) is 12.2 Å². The van der Waals surface area contributed by atoms with E-state index >= 15 is 0 Å². The van der Waals surface area contributed by atoms with Gasteiger partial charge in [-0.05, 0) is 25.1 Å². The van der Waals surface area contributed by atoms with Crippen LogP contribution in [0.1, 0.15) is 22.8 Å². The lowest BCUT2D eigenvalue weighted by Crippen LogP contribution is -2.07. The number of nitrogen functional groups attached to an aromatic ring is 1. The minimum Gasteiger partial charge on any atom is -0.398 e. The lowest BCUT2D eigenvalue weighted by atomic mass is 10.0. The number of hydrogen-bond donors (Lipinski definition) is 2. The third-order valence-corrected chi connectivity index (χ3v) is 2.71. The first-order valence-electron chi connectivity index (χ1n) is 5.95. The number of benzene rings is 2. The predicted octanol–water partition coefficient (Wildman–Crippen LogP) is 2.93. The lowest BCUT2D eigenvalue weighted by Gasteiger charge is -2.09. The molecule has 0 aromatic heterocycles. The first-order chi connectivity index (χ1) is 8.72. The van der Waals surface area contributed by atoms with Gasteiger partial charge in [0, 0.05) is 29.0 Å². The molecule has 2 rings (SSSR count). The molecular formula is C15H16N2O. The van der Waals surface area contributed by atoms with Crippen LogP contribution in [-0.2, 0) is 0 Å². The zero-order valence-corrected chi connectivity index (χ0v) is 10.3. The molecule has 92 valence electrons. The molecule has 0 saturated heterocycles. The Labute approximate surface area is 107 Å². The maximum Gasteiger partial charge on any atom is 0.195 e. The second-order valence-corrected chi connectivity index (χ2v) is 4.03. The highest BCUT2D eigenvalue weighted by Gasteiger charge is 2.12. The molecule has 0 bridgehead atoms. The smallest absolute Gasteiger partial charge is 0.195 e. The highest BCUT2D eigenvalue weighted by molar-refractivity contribution is 6.12. The van der Waals surface area contributed by atoms with E-state index in [1.54, 1.807) is 24.3 Å². The Kier molecular flexibility index (Phi) is 3.63. The first-order valence-corrected chi connectivity index (χ1v) is 5.95. The summed E-state index contributed by atoms with van der Waals surface area (Å²) in [6.07, 6.45) is 0. The molecule has 0 radical (unpaired) electrons. The second-order valence-electron chi connectivity index (χ2n) is 4.03. The van der Waals surface area contributed by atoms with Crippen LogP contribution < -0.4 is 11.1 Å². The van der Waals surface area contributed by atoms with Gasteiger partial charge in [0.25, 0.3) is 0 Å². The molecule has 2 aromatic rings. The Hall–Kier alpha value is -2.29. The van der Waals surface area contributed by atoms with Gasteiger partial charge < -0.3 is 11.1 Å². The van der Waals surface area contributed by atoms with Crippen molar-refractivity contribution in [3.05, 3.63) is 59.7 Å². The minimum atomic E-state index is -0.0483. The Balaban J connectivity index is 2.38. The summed E-state index contributed by atoms with van der Waals surface area (Å²) in [5.41, 5.74) is 8.48. The fourth-order valence-electron chi connectivity index (χ4n) is 1.81. The molecule has 0 aliphatic rings. The van der Waals surface area contributed by atoms with Crippen molar-refractivity contribution in [3.63, 3.8) is 0 Å². The molecule has 0 fully saturated rings. The zero-order chi connectivity index (χ0) is 13.0. The molecule has 0 unspecified atom stereocenters. The van der Waals surface area contributed by atoms with E-state index < -0.39 is 0 Å². The van der Waals surface area contributed by atoms with E-state index in [-0.39, 0.29) is 5.78 Å². The van der Waals surface area contributed by atoms with Crippen molar-refractivity contribution in [3.8, 4) is 0 Å². The molecule has 0 aliphatic heterocycles. The van der Waals surface area contributed by atoms with Crippen LogP contribution in [0.5, 0.6) is 0 Å². The summed E-state index contributed by atoms with van der Waals surface area (Å²) in [6.45, 7) is 2.82. The Morgan fingerprint density at radius 3 is 2.56 bits per heavy atom. The molecule has 0 amide bonds. The fourth-order valence-corrected chi connectivity index (χ4v) is 1.81. The number of carbonyl (C=O) groups is 1. The maximum absolute atomic E-state index is 12.3. The average Bonchev–Trinajstić information content (AvgIpc) is 2.41. The second kappa shape index (κ2) is 5.36. The van der Waals surface area contributed by atoms with Crippen LogP contribution in [0, 0.1) is 0 Å². The van der Waals surface area contributed by atoms with Crippen LogP contribution in [-0.4, -0.2) is 12.3 Å². The minimum absolute atomic E-state index is 0.0483. The van der Waals surface area contributed by atoms with Crippen LogP contribution in [0.3, 0.4) is 0 Å². The molecule has 3 nitrogen and oxygen atoms in total. The van der Waals surface area contributed by atoms with Crippen LogP contribution in [0.4, 0.5) is 11.4 Å². The molecule has 0 saturated carbocycles. The average molecular weight is 240 g/mol. The van der Waals surface area contributed by atoms with Crippen LogP contribution >= 0.6 is 0 Å². The van der Waals surface area contributed by atoms with Gasteiger partial charge in [0.15, 0.2) is 5.78 Å². The van der Waals surface area contributed by atoms with Gasteiger partial charge >= 0.3 is 0 Å². The molecule has 0 atom stereocenters. The summed E-state index contributed by atoms with van der Waals surface area (Å²) < 4.78 is 0. The Bertz CT molecular complexity index is 550. The highest BCUT2D eigenvalue weighted by Crippen LogP contribution is 2.21. The zero-order valence-electron chi connectivity index (χ0n) is 10.3. The summed E-state index contributed by atoms with van der Waals surface area (Å²) in [5.74, 6) is -0.0483. The molecule has 0 spiro atoms. The van der Waals surface area contributed by atoms with Crippen molar-refractivity contribution >= 4 is 17.2 Å². The van der Waals surface area contributed by atoms with E-state index in [9.17, 15) is 4.79 Å². The number of nitrogens with one attached hydrogen (secondary N) is 1. The summed E-state index contributed by atoms with van der Waals surface area (Å²) in [5, 5.41) is 3.17. The summed E-state index contributed by atoms with van der Waals surface area (Å²) in [4.78, 5) is 12.3. The first kappa shape index (κ1) is 12.2. The number of ketones is 1. The van der Waals surface area contributed by atoms with Gasteiger partial charge in [-0.3, -0.25) is 4.79 Å². The topological polar surface area (TPSA) is 55.1 Å². The van der Waals surface area contributed by atoms with Gasteiger partial charge in [0.2, 0.25) is 0 Å². The predicted molar refractivity (Wildman–Crippen MR) is 74.9 cm³/mol. The van der Waals surface area contributed by atoms with Gasteiger partial charge in [-0.25, -0.2) is 0 Å². The largest absolute Gasteiger partial charge is 0.398 e. The third-order valence-electron chi connectivity index (χ3n) is 2.71. The Morgan fingerprint density at radius 2 is 1.89 bits per heavy atom. The van der Waals surface area contributed by atoms with Crippen LogP contribution in [0.25, 0.3) is 0 Å². The number of anilines is 2. The van der Waals surface area contributed by atoms with Gasteiger partial charge in [0.05, 0.1) is 0 Å². The van der Waals surface area contributed by atoms with Crippen molar-refractivity contribution in [2.45, 2.75) is 6.92 Å². The number of nitrogens with two attached hydrogens (primary N) is 1. The molecule has 3 heteroatoms. The fraction of sp³-hybridized carbons (Fsp3) is 0.133. The monoisotopic (exact) mass is 240 g/mol. The molecule has 2 aromatic carbocycles. The van der Waals surface area contributed by atoms with Gasteiger partial charge in [-0.2, -0.15) is 0 Å². The number of carbonyl (C=O) groups excluding carboxylic acids is 1. The van der Waals surface area contributed by atoms with Gasteiger partial charge in [-0.1, -0.05) is 30.3 Å². The van der Waals surface area contributed by atoms with Crippen molar-refractivity contribution in [1.29, 1.82) is 0 Å². The van der Waals surface area contributed by atoms with Gasteiger partial charge in [0.1, 0.15) is 0 Å². The maximum atomic E-state index is 12.3. The van der Waals surface area contributed by atoms with Crippen molar-refractivity contribution < 1.29 is 4.79 Å². The number of rotatable bonds is 4. The third kappa shape index (κ3) is 2.51. The van der Waals surface area contributed by atoms with E-state index in [1.165, 1.54) is 0 Å². The number of hydrogen-bond acceptors (Lipinski definition) is 3. The van der Waals surface area contributed by atoms with Gasteiger partial charge in [-0.15, -0.1) is 0 Å². The highest BCUT2D eigenvalue weighted by atomic mass is 16.1. The van der Waals surface area contributed by atoms with Crippen LogP contribution in [0.15, 0.2) is 48.5 Å². The van der Waals surface area contributed by atoms with E-state index in [1.807, 2.05) is 31.2 Å². The molecule has 3 N–H and O–H groups in total. The van der Waals surface area contributed by atoms with E-state index in [4.69, 9.17) is 5.73 Å². The summed E-state index contributed by atoms with van der Waals surface area (Å²) in [6, 6.07) is 14.6. The lowest BCUT2D eigenvalue weighted by molar-refractivity contribution is 0.103. The van der Waals surface area contributed by atoms with E-state index in [2.05, 4.69) is 5.32 Å². The van der Waals surface area contributed by atoms with Crippen LogP contribution in [0.2, 0.25) is 0 Å². The molecule has 0 heterocycles. The van der Waals surface area contributed by atoms with E-state index in [0.29, 0.717) is 16.8 Å². The van der Waals surface area contributed by atoms with Crippen molar-refractivity contribution in [1.82, 2.24) is 0 Å². The SMILES string of the molecule is CCNc1ccc(N)c(C(=O)c2ccccc2)c1. The molecule has 0 aliphatic carbocycles. The normalized spacial score (nSPS) is 10.1. The summed E-state index contributed by atoms with van der Waals surface area (Å²) >= 11 is 0. The molecule has 18 heavy (non-hydrogen) atoms. The molecular weight excluding hydrogens is 224 g/mol. The van der Waals surface area contributed by atoms with Crippen molar-refractivity contribution in [2.24, 2.45) is 0 Å². The summed E-state index contributed by atoms with van der Waals surface area (Å²) in [7, 11) is 0. The Morgan fingerprint density at radius 1 is 1.17 bits per heavy atom. The van der Waals surface area contributed by atoms with Crippen molar-refractivity contribution in [2.75, 3.05) is 17.6 Å². The standard InChI is InChI=1S/C15H16N2O/c1-2-17-12-8-9-14(16)13(10-12)15(18)11-6-4-3-5-7-11/h3-10,17H,2,16H2,1H3.